The fourth-order valence-corrected chi connectivity index (χ4v) is 2.59. The minimum absolute atomic E-state index is 0.231. The first-order chi connectivity index (χ1) is 11.7. The smallest absolute Gasteiger partial charge is 0.333 e. The van der Waals surface area contributed by atoms with Crippen molar-refractivity contribution in [2.45, 2.75) is 51.0 Å². The summed E-state index contributed by atoms with van der Waals surface area (Å²) in [4.78, 5) is 17.4. The Morgan fingerprint density at radius 3 is 2.21 bits per heavy atom. The van der Waals surface area contributed by atoms with Crippen LogP contribution in [0.3, 0.4) is 0 Å². The summed E-state index contributed by atoms with van der Waals surface area (Å²) in [5.41, 5.74) is 0.163. The van der Waals surface area contributed by atoms with Gasteiger partial charge in [-0.05, 0) is 51.0 Å². The molecule has 0 saturated carbocycles. The molecule has 130 valence electrons. The molecule has 1 aromatic carbocycles. The highest BCUT2D eigenvalue weighted by molar-refractivity contribution is 5.87. The third kappa shape index (κ3) is 6.53. The van der Waals surface area contributed by atoms with Gasteiger partial charge in [0, 0.05) is 6.21 Å². The van der Waals surface area contributed by atoms with Gasteiger partial charge in [0.05, 0.1) is 6.61 Å². The maximum Gasteiger partial charge on any atom is 0.333 e. The maximum atomic E-state index is 12.7. The number of unbranched alkanes of at least 4 members (excludes halogenated alkanes) is 2. The van der Waals surface area contributed by atoms with Gasteiger partial charge in [-0.1, -0.05) is 42.5 Å². The van der Waals surface area contributed by atoms with Crippen molar-refractivity contribution in [3.8, 4) is 0 Å². The summed E-state index contributed by atoms with van der Waals surface area (Å²) >= 11 is 0. The van der Waals surface area contributed by atoms with E-state index in [1.165, 1.54) is 0 Å². The van der Waals surface area contributed by atoms with E-state index >= 15 is 0 Å². The van der Waals surface area contributed by atoms with Crippen LogP contribution in [-0.4, -0.2) is 24.3 Å². The molecule has 3 nitrogen and oxygen atoms in total. The summed E-state index contributed by atoms with van der Waals surface area (Å²) in [6.45, 7) is 9.72. The Labute approximate surface area is 146 Å². The van der Waals surface area contributed by atoms with Crippen molar-refractivity contribution in [3.05, 3.63) is 61.2 Å². The van der Waals surface area contributed by atoms with Crippen LogP contribution in [0.1, 0.15) is 51.0 Å². The van der Waals surface area contributed by atoms with Crippen molar-refractivity contribution in [2.75, 3.05) is 6.61 Å². The van der Waals surface area contributed by atoms with Crippen molar-refractivity contribution in [2.24, 2.45) is 4.99 Å². The fraction of sp³-hybridized carbons (Fsp3) is 0.429. The Balaban J connectivity index is 3.05. The number of nitrogens with zero attached hydrogens (tertiary/aromatic N) is 1. The lowest BCUT2D eigenvalue weighted by molar-refractivity contribution is -0.150. The molecule has 0 unspecified atom stereocenters. The van der Waals surface area contributed by atoms with Crippen molar-refractivity contribution in [3.63, 3.8) is 0 Å². The van der Waals surface area contributed by atoms with Gasteiger partial charge in [0.15, 0.2) is 5.54 Å². The van der Waals surface area contributed by atoms with E-state index in [1.807, 2.05) is 49.4 Å². The van der Waals surface area contributed by atoms with Crippen LogP contribution in [0, 0.1) is 0 Å². The number of aliphatic imine (C=N–C) groups is 1. The molecule has 1 rings (SSSR count). The Hall–Kier alpha value is -2.16. The van der Waals surface area contributed by atoms with Gasteiger partial charge >= 0.3 is 5.97 Å². The summed E-state index contributed by atoms with van der Waals surface area (Å²) < 4.78 is 5.35. The number of allylic oxidation sites excluding steroid dienone is 2. The Kier molecular flexibility index (Phi) is 9.44. The van der Waals surface area contributed by atoms with Crippen LogP contribution >= 0.6 is 0 Å². The highest BCUT2D eigenvalue weighted by Gasteiger charge is 2.38. The van der Waals surface area contributed by atoms with Gasteiger partial charge < -0.3 is 4.74 Å². The van der Waals surface area contributed by atoms with Gasteiger partial charge in [0.25, 0.3) is 0 Å². The first kappa shape index (κ1) is 19.9. The van der Waals surface area contributed by atoms with Crippen molar-refractivity contribution in [1.82, 2.24) is 0 Å². The molecule has 0 amide bonds. The Morgan fingerprint density at radius 2 is 1.71 bits per heavy atom. The maximum absolute atomic E-state index is 12.7. The quantitative estimate of drug-likeness (QED) is 0.231. The number of hydrogen-bond donors (Lipinski definition) is 0. The predicted octanol–water partition coefficient (Wildman–Crippen LogP) is 5.12. The highest BCUT2D eigenvalue weighted by atomic mass is 16.5. The molecule has 0 aromatic heterocycles. The predicted molar refractivity (Wildman–Crippen MR) is 101 cm³/mol. The summed E-state index contributed by atoms with van der Waals surface area (Å²) in [5.74, 6) is -0.231. The van der Waals surface area contributed by atoms with Gasteiger partial charge in [-0.25, -0.2) is 4.79 Å². The normalized spacial score (nSPS) is 11.4. The Bertz CT molecular complexity index is 520. The number of carbonyl (C=O) groups is 1. The number of benzene rings is 1. The van der Waals surface area contributed by atoms with Crippen LogP contribution in [0.5, 0.6) is 0 Å². The van der Waals surface area contributed by atoms with Gasteiger partial charge in [-0.15, -0.1) is 13.2 Å². The largest absolute Gasteiger partial charge is 0.464 e. The number of hydrogen-bond acceptors (Lipinski definition) is 3. The molecule has 0 N–H and O–H groups in total. The van der Waals surface area contributed by atoms with Crippen LogP contribution in [0.25, 0.3) is 0 Å². The first-order valence-corrected chi connectivity index (χ1v) is 8.68. The average molecular weight is 327 g/mol. The molecule has 1 aromatic rings. The number of ether oxygens (including phenoxy) is 1. The van der Waals surface area contributed by atoms with Crippen molar-refractivity contribution < 1.29 is 9.53 Å². The third-order valence-electron chi connectivity index (χ3n) is 3.91. The monoisotopic (exact) mass is 327 g/mol. The van der Waals surface area contributed by atoms with E-state index in [2.05, 4.69) is 13.2 Å². The second-order valence-corrected chi connectivity index (χ2v) is 5.78. The minimum atomic E-state index is -0.822. The Morgan fingerprint density at radius 1 is 1.12 bits per heavy atom. The molecule has 3 heteroatoms. The topological polar surface area (TPSA) is 38.7 Å². The van der Waals surface area contributed by atoms with Gasteiger partial charge in [0.1, 0.15) is 0 Å². The van der Waals surface area contributed by atoms with Crippen LogP contribution in [0.2, 0.25) is 0 Å². The molecule has 0 heterocycles. The molecular weight excluding hydrogens is 298 g/mol. The van der Waals surface area contributed by atoms with E-state index in [4.69, 9.17) is 9.73 Å². The van der Waals surface area contributed by atoms with Crippen molar-refractivity contribution in [1.29, 1.82) is 0 Å². The van der Waals surface area contributed by atoms with Gasteiger partial charge in [-0.3, -0.25) is 4.99 Å². The van der Waals surface area contributed by atoms with E-state index in [9.17, 15) is 4.79 Å². The molecule has 0 aliphatic heterocycles. The second kappa shape index (κ2) is 11.4. The molecule has 0 aliphatic rings. The molecule has 0 atom stereocenters. The first-order valence-electron chi connectivity index (χ1n) is 8.68. The highest BCUT2D eigenvalue weighted by Crippen LogP contribution is 2.28. The summed E-state index contributed by atoms with van der Waals surface area (Å²) in [7, 11) is 0. The van der Waals surface area contributed by atoms with E-state index in [0.29, 0.717) is 19.4 Å². The molecular formula is C21H29NO2. The molecule has 0 spiro atoms. The minimum Gasteiger partial charge on any atom is -0.464 e. The molecule has 0 radical (unpaired) electrons. The summed E-state index contributed by atoms with van der Waals surface area (Å²) in [6, 6.07) is 9.84. The van der Waals surface area contributed by atoms with Crippen molar-refractivity contribution >= 4 is 12.2 Å². The molecule has 24 heavy (non-hydrogen) atoms. The lowest BCUT2D eigenvalue weighted by atomic mass is 9.87. The lowest BCUT2D eigenvalue weighted by Crippen LogP contribution is -2.39. The number of carbonyl (C=O) groups excluding carboxylic acids is 1. The van der Waals surface area contributed by atoms with Crippen LogP contribution in [-0.2, 0) is 9.53 Å². The fourth-order valence-electron chi connectivity index (χ4n) is 2.59. The van der Waals surface area contributed by atoms with Gasteiger partial charge in [-0.2, -0.15) is 0 Å². The number of rotatable bonds is 12. The summed E-state index contributed by atoms with van der Waals surface area (Å²) in [6.07, 6.45) is 10.3. The average Bonchev–Trinajstić information content (AvgIpc) is 2.60. The van der Waals surface area contributed by atoms with E-state index < -0.39 is 5.54 Å². The third-order valence-corrected chi connectivity index (χ3v) is 3.91. The van der Waals surface area contributed by atoms with Crippen LogP contribution in [0.4, 0.5) is 0 Å². The molecule has 0 saturated heterocycles. The van der Waals surface area contributed by atoms with E-state index in [-0.39, 0.29) is 5.97 Å². The molecule has 0 aliphatic carbocycles. The zero-order valence-electron chi connectivity index (χ0n) is 14.7. The SMILES string of the molecule is C=CCCCC(CCCC=C)(/N=C/c1ccccc1)C(=O)OCC. The standard InChI is InChI=1S/C21H29NO2/c1-4-7-12-16-21(17-13-8-5-2,20(23)24-6-3)22-18-19-14-10-9-11-15-19/h4-5,9-11,14-15,18H,1-2,6-8,12-13,16-17H2,3H3/b22-18+. The van der Waals surface area contributed by atoms with Crippen LogP contribution in [0.15, 0.2) is 60.6 Å². The zero-order valence-corrected chi connectivity index (χ0v) is 14.7. The number of esters is 1. The van der Waals surface area contributed by atoms with E-state index in [0.717, 1.165) is 31.2 Å². The molecule has 0 fully saturated rings. The van der Waals surface area contributed by atoms with Gasteiger partial charge in [0.2, 0.25) is 0 Å². The lowest BCUT2D eigenvalue weighted by Gasteiger charge is -2.27. The van der Waals surface area contributed by atoms with E-state index in [1.54, 1.807) is 6.21 Å². The molecule has 0 bridgehead atoms. The zero-order chi connectivity index (χ0) is 17.7. The second-order valence-electron chi connectivity index (χ2n) is 5.78. The van der Waals surface area contributed by atoms with Crippen LogP contribution < -0.4 is 0 Å². The summed E-state index contributed by atoms with van der Waals surface area (Å²) in [5, 5.41) is 0.